The van der Waals surface area contributed by atoms with Crippen molar-refractivity contribution < 1.29 is 8.42 Å². The average Bonchev–Trinajstić information content (AvgIpc) is 2.73. The van der Waals surface area contributed by atoms with Crippen LogP contribution in [-0.2, 0) is 9.84 Å². The van der Waals surface area contributed by atoms with Gasteiger partial charge in [0.2, 0.25) is 0 Å². The second-order valence-corrected chi connectivity index (χ2v) is 9.09. The largest absolute Gasteiger partial charge is 0.357 e. The topological polar surface area (TPSA) is 77.0 Å². The van der Waals surface area contributed by atoms with Gasteiger partial charge in [-0.1, -0.05) is 0 Å². The van der Waals surface area contributed by atoms with E-state index in [1.54, 1.807) is 0 Å². The molecule has 24 heavy (non-hydrogen) atoms. The maximum absolute atomic E-state index is 11.6. The summed E-state index contributed by atoms with van der Waals surface area (Å²) < 4.78 is 23.1. The molecular formula is C16H33N5O2S. The van der Waals surface area contributed by atoms with E-state index < -0.39 is 9.84 Å². The minimum absolute atomic E-state index is 0.00561. The van der Waals surface area contributed by atoms with Crippen molar-refractivity contribution >= 4 is 15.8 Å². The third-order valence-electron chi connectivity index (χ3n) is 4.63. The van der Waals surface area contributed by atoms with E-state index in [1.165, 1.54) is 19.5 Å². The first-order valence-corrected chi connectivity index (χ1v) is 11.0. The molecule has 0 radical (unpaired) electrons. The van der Waals surface area contributed by atoms with Crippen molar-refractivity contribution in [2.24, 2.45) is 4.99 Å². The van der Waals surface area contributed by atoms with Gasteiger partial charge in [0.25, 0.3) is 0 Å². The first kappa shape index (κ1) is 19.5. The summed E-state index contributed by atoms with van der Waals surface area (Å²) in [4.78, 5) is 9.52. The summed E-state index contributed by atoms with van der Waals surface area (Å²) in [6.07, 6.45) is 2.94. The third kappa shape index (κ3) is 6.94. The van der Waals surface area contributed by atoms with Crippen molar-refractivity contribution in [3.8, 4) is 0 Å². The molecule has 0 spiro atoms. The minimum atomic E-state index is -2.86. The summed E-state index contributed by atoms with van der Waals surface area (Å²) >= 11 is 0. The molecule has 2 aliphatic heterocycles. The second-order valence-electron chi connectivity index (χ2n) is 6.86. The van der Waals surface area contributed by atoms with E-state index in [0.717, 1.165) is 45.1 Å². The molecule has 8 heteroatoms. The fourth-order valence-corrected chi connectivity index (χ4v) is 4.90. The van der Waals surface area contributed by atoms with Crippen LogP contribution in [0.15, 0.2) is 4.99 Å². The molecule has 7 nitrogen and oxygen atoms in total. The van der Waals surface area contributed by atoms with Gasteiger partial charge in [-0.2, -0.15) is 0 Å². The third-order valence-corrected chi connectivity index (χ3v) is 6.40. The Hall–Kier alpha value is -0.860. The van der Waals surface area contributed by atoms with Crippen LogP contribution >= 0.6 is 0 Å². The summed E-state index contributed by atoms with van der Waals surface area (Å²) in [7, 11) is -0.674. The first-order valence-electron chi connectivity index (χ1n) is 9.14. The van der Waals surface area contributed by atoms with E-state index in [0.29, 0.717) is 6.42 Å². The lowest BCUT2D eigenvalue weighted by atomic mass is 10.3. The van der Waals surface area contributed by atoms with Crippen LogP contribution in [0.5, 0.6) is 0 Å². The van der Waals surface area contributed by atoms with E-state index in [-0.39, 0.29) is 17.5 Å². The molecule has 0 bridgehead atoms. The lowest BCUT2D eigenvalue weighted by molar-refractivity contribution is 0.275. The maximum Gasteiger partial charge on any atom is 0.191 e. The van der Waals surface area contributed by atoms with Crippen LogP contribution in [0, 0.1) is 0 Å². The van der Waals surface area contributed by atoms with Crippen molar-refractivity contribution in [1.82, 2.24) is 20.4 Å². The molecule has 2 fully saturated rings. The van der Waals surface area contributed by atoms with Gasteiger partial charge in [0.15, 0.2) is 15.8 Å². The van der Waals surface area contributed by atoms with Gasteiger partial charge >= 0.3 is 0 Å². The van der Waals surface area contributed by atoms with Crippen LogP contribution in [-0.4, -0.2) is 94.6 Å². The molecule has 0 amide bonds. The Morgan fingerprint density at radius 2 is 2.08 bits per heavy atom. The summed E-state index contributed by atoms with van der Waals surface area (Å²) in [5.41, 5.74) is 0. The molecule has 2 saturated heterocycles. The van der Waals surface area contributed by atoms with Gasteiger partial charge in [-0.15, -0.1) is 0 Å². The molecule has 140 valence electrons. The standard InChI is InChI=1S/C16H33N5O2S/c1-3-17-16(19-15-6-13-24(22,23)14-15)18-7-4-9-21-10-5-8-20(2)11-12-21/h15H,3-14H2,1-2H3,(H2,17,18,19). The Morgan fingerprint density at radius 3 is 2.79 bits per heavy atom. The minimum Gasteiger partial charge on any atom is -0.357 e. The average molecular weight is 360 g/mol. The van der Waals surface area contributed by atoms with Crippen LogP contribution < -0.4 is 10.6 Å². The summed E-state index contributed by atoms with van der Waals surface area (Å²) in [5, 5.41) is 6.48. The van der Waals surface area contributed by atoms with Gasteiger partial charge < -0.3 is 20.4 Å². The summed E-state index contributed by atoms with van der Waals surface area (Å²) in [6.45, 7) is 9.29. The molecule has 0 aromatic carbocycles. The van der Waals surface area contributed by atoms with Gasteiger partial charge in [0, 0.05) is 32.2 Å². The number of hydrogen-bond donors (Lipinski definition) is 2. The van der Waals surface area contributed by atoms with Crippen molar-refractivity contribution in [1.29, 1.82) is 0 Å². The highest BCUT2D eigenvalue weighted by atomic mass is 32.2. The second kappa shape index (κ2) is 9.58. The number of nitrogens with one attached hydrogen (secondary N) is 2. The monoisotopic (exact) mass is 359 g/mol. The SMILES string of the molecule is CCNC(=NCCCN1CCCN(C)CC1)NC1CCS(=O)(=O)C1. The molecule has 2 aliphatic rings. The van der Waals surface area contributed by atoms with Crippen LogP contribution in [0.1, 0.15) is 26.2 Å². The molecule has 1 unspecified atom stereocenters. The molecule has 2 heterocycles. The molecule has 0 aliphatic carbocycles. The Balaban J connectivity index is 1.72. The van der Waals surface area contributed by atoms with Gasteiger partial charge in [-0.3, -0.25) is 4.99 Å². The number of aliphatic imine (C=N–C) groups is 1. The molecule has 1 atom stereocenters. The van der Waals surface area contributed by atoms with E-state index in [9.17, 15) is 8.42 Å². The van der Waals surface area contributed by atoms with E-state index in [4.69, 9.17) is 0 Å². The smallest absolute Gasteiger partial charge is 0.191 e. The lowest BCUT2D eigenvalue weighted by Gasteiger charge is -2.20. The molecule has 0 saturated carbocycles. The number of hydrogen-bond acceptors (Lipinski definition) is 5. The molecule has 0 aromatic rings. The summed E-state index contributed by atoms with van der Waals surface area (Å²) in [6, 6.07) is -0.00561. The van der Waals surface area contributed by atoms with Crippen molar-refractivity contribution in [2.45, 2.75) is 32.2 Å². The van der Waals surface area contributed by atoms with Crippen LogP contribution in [0.25, 0.3) is 0 Å². The van der Waals surface area contributed by atoms with Crippen molar-refractivity contribution in [2.75, 3.05) is 64.4 Å². The van der Waals surface area contributed by atoms with E-state index in [2.05, 4.69) is 32.5 Å². The number of sulfone groups is 1. The fraction of sp³-hybridized carbons (Fsp3) is 0.938. The quantitative estimate of drug-likeness (QED) is 0.387. The van der Waals surface area contributed by atoms with Gasteiger partial charge in [0.05, 0.1) is 11.5 Å². The van der Waals surface area contributed by atoms with E-state index >= 15 is 0 Å². The number of guanidine groups is 1. The van der Waals surface area contributed by atoms with Crippen LogP contribution in [0.3, 0.4) is 0 Å². The Labute approximate surface area is 146 Å². The maximum atomic E-state index is 11.6. The van der Waals surface area contributed by atoms with Crippen LogP contribution in [0.2, 0.25) is 0 Å². The number of likely N-dealkylation sites (N-methyl/N-ethyl adjacent to an activating group) is 1. The Bertz CT molecular complexity index is 509. The van der Waals surface area contributed by atoms with Crippen molar-refractivity contribution in [3.05, 3.63) is 0 Å². The molecule has 2 rings (SSSR count). The predicted octanol–water partition coefficient (Wildman–Crippen LogP) is -0.244. The number of nitrogens with zero attached hydrogens (tertiary/aromatic N) is 3. The zero-order chi connectivity index (χ0) is 17.4. The first-order chi connectivity index (χ1) is 11.5. The lowest BCUT2D eigenvalue weighted by Crippen LogP contribution is -2.44. The Kier molecular flexibility index (Phi) is 7.77. The van der Waals surface area contributed by atoms with Gasteiger partial charge in [-0.25, -0.2) is 8.42 Å². The highest BCUT2D eigenvalue weighted by Crippen LogP contribution is 2.11. The predicted molar refractivity (Wildman–Crippen MR) is 99.3 cm³/mol. The zero-order valence-electron chi connectivity index (χ0n) is 15.1. The molecule has 0 aromatic heterocycles. The fourth-order valence-electron chi connectivity index (χ4n) is 3.23. The summed E-state index contributed by atoms with van der Waals surface area (Å²) in [5.74, 6) is 1.25. The van der Waals surface area contributed by atoms with Crippen LogP contribution in [0.4, 0.5) is 0 Å². The normalized spacial score (nSPS) is 26.2. The molecular weight excluding hydrogens is 326 g/mol. The number of rotatable bonds is 6. The van der Waals surface area contributed by atoms with Crippen molar-refractivity contribution in [3.63, 3.8) is 0 Å². The van der Waals surface area contributed by atoms with E-state index in [1.807, 2.05) is 6.92 Å². The highest BCUT2D eigenvalue weighted by molar-refractivity contribution is 7.91. The van der Waals surface area contributed by atoms with Gasteiger partial charge in [0.1, 0.15) is 0 Å². The highest BCUT2D eigenvalue weighted by Gasteiger charge is 2.28. The zero-order valence-corrected chi connectivity index (χ0v) is 15.9. The van der Waals surface area contributed by atoms with Gasteiger partial charge in [-0.05, 0) is 52.9 Å². The Morgan fingerprint density at radius 1 is 1.25 bits per heavy atom. The molecule has 2 N–H and O–H groups in total.